The van der Waals surface area contributed by atoms with Crippen molar-refractivity contribution in [2.45, 2.75) is 40.3 Å². The van der Waals surface area contributed by atoms with Gasteiger partial charge in [0.05, 0.1) is 0 Å². The Bertz CT molecular complexity index is 727. The van der Waals surface area contributed by atoms with Crippen LogP contribution in [0.4, 0.5) is 0 Å². The Morgan fingerprint density at radius 3 is 2.43 bits per heavy atom. The number of hydrogen-bond acceptors (Lipinski definition) is 1. The van der Waals surface area contributed by atoms with Gasteiger partial charge in [-0.2, -0.15) is 0 Å². The Labute approximate surface area is 138 Å². The zero-order chi connectivity index (χ0) is 16.2. The lowest BCUT2D eigenvalue weighted by Crippen LogP contribution is -2.24. The summed E-state index contributed by atoms with van der Waals surface area (Å²) in [5, 5.41) is 1.40. The average Bonchev–Trinajstić information content (AvgIpc) is 2.95. The summed E-state index contributed by atoms with van der Waals surface area (Å²) < 4.78 is 4.25. The molecule has 0 radical (unpaired) electrons. The predicted octanol–water partition coefficient (Wildman–Crippen LogP) is 3.86. The lowest BCUT2D eigenvalue weighted by molar-refractivity contribution is 0.300. The molecule has 4 nitrogen and oxygen atoms in total. The number of nitrogens with zero attached hydrogens (tertiary/aromatic N) is 3. The maximum Gasteiger partial charge on any atom is 0.129 e. The molecule has 0 aliphatic carbocycles. The SMILES string of the molecule is CCN(CC)CCCc1c[nH]c2ccc(C)cc12.c1cn2n1C2. The van der Waals surface area contributed by atoms with Crippen LogP contribution in [0.3, 0.4) is 0 Å². The van der Waals surface area contributed by atoms with Crippen LogP contribution in [-0.4, -0.2) is 38.9 Å². The van der Waals surface area contributed by atoms with Crippen LogP contribution < -0.4 is 0 Å². The van der Waals surface area contributed by atoms with Gasteiger partial charge in [0.15, 0.2) is 0 Å². The van der Waals surface area contributed by atoms with Gasteiger partial charge in [-0.15, -0.1) is 0 Å². The van der Waals surface area contributed by atoms with E-state index in [4.69, 9.17) is 0 Å². The minimum Gasteiger partial charge on any atom is -0.361 e. The van der Waals surface area contributed by atoms with Gasteiger partial charge in [-0.3, -0.25) is 9.36 Å². The topological polar surface area (TPSA) is 28.9 Å². The fourth-order valence-electron chi connectivity index (χ4n) is 3.00. The average molecular weight is 312 g/mol. The fraction of sp³-hybridized carbons (Fsp3) is 0.474. The molecule has 0 fully saturated rings. The zero-order valence-corrected chi connectivity index (χ0v) is 14.5. The summed E-state index contributed by atoms with van der Waals surface area (Å²) in [5.74, 6) is 0. The summed E-state index contributed by atoms with van der Waals surface area (Å²) in [6.45, 7) is 11.3. The molecule has 0 saturated heterocycles. The van der Waals surface area contributed by atoms with Gasteiger partial charge >= 0.3 is 0 Å². The first-order valence-electron chi connectivity index (χ1n) is 8.71. The van der Waals surface area contributed by atoms with Gasteiger partial charge in [0.1, 0.15) is 6.67 Å². The first kappa shape index (κ1) is 15.9. The van der Waals surface area contributed by atoms with Crippen LogP contribution >= 0.6 is 0 Å². The highest BCUT2D eigenvalue weighted by molar-refractivity contribution is 5.83. The number of aromatic nitrogens is 3. The summed E-state index contributed by atoms with van der Waals surface area (Å²) in [4.78, 5) is 5.85. The Morgan fingerprint density at radius 2 is 1.87 bits per heavy atom. The molecular weight excluding hydrogens is 284 g/mol. The van der Waals surface area contributed by atoms with Crippen LogP contribution in [0.25, 0.3) is 10.9 Å². The van der Waals surface area contributed by atoms with E-state index in [0.717, 1.165) is 19.8 Å². The maximum absolute atomic E-state index is 3.37. The van der Waals surface area contributed by atoms with Crippen molar-refractivity contribution in [3.05, 3.63) is 47.9 Å². The summed E-state index contributed by atoms with van der Waals surface area (Å²) in [7, 11) is 0. The second-order valence-electron chi connectivity index (χ2n) is 6.31. The highest BCUT2D eigenvalue weighted by atomic mass is 15.6. The number of H-pyrrole nitrogens is 1. The largest absolute Gasteiger partial charge is 0.361 e. The van der Waals surface area contributed by atoms with Gasteiger partial charge in [0.25, 0.3) is 0 Å². The molecule has 1 aliphatic heterocycles. The number of aryl methyl sites for hydroxylation is 2. The number of rotatable bonds is 6. The molecule has 1 aliphatic rings. The third-order valence-electron chi connectivity index (χ3n) is 4.68. The molecule has 3 heterocycles. The molecule has 4 rings (SSSR count). The van der Waals surface area contributed by atoms with E-state index in [1.54, 1.807) is 0 Å². The van der Waals surface area contributed by atoms with Gasteiger partial charge in [-0.25, -0.2) is 0 Å². The minimum absolute atomic E-state index is 1.14. The highest BCUT2D eigenvalue weighted by Gasteiger charge is 2.10. The summed E-state index contributed by atoms with van der Waals surface area (Å²) >= 11 is 0. The van der Waals surface area contributed by atoms with Crippen molar-refractivity contribution in [3.8, 4) is 0 Å². The van der Waals surface area contributed by atoms with Crippen LogP contribution in [0.1, 0.15) is 31.4 Å². The Morgan fingerprint density at radius 1 is 1.13 bits per heavy atom. The third kappa shape index (κ3) is 3.88. The molecule has 1 N–H and O–H groups in total. The molecule has 3 aromatic rings. The monoisotopic (exact) mass is 312 g/mol. The number of benzene rings is 1. The van der Waals surface area contributed by atoms with Gasteiger partial charge < -0.3 is 9.88 Å². The molecule has 0 atom stereocenters. The van der Waals surface area contributed by atoms with E-state index in [1.807, 2.05) is 0 Å². The van der Waals surface area contributed by atoms with E-state index < -0.39 is 0 Å². The molecule has 4 heteroatoms. The summed E-state index contributed by atoms with van der Waals surface area (Å²) in [5.41, 5.74) is 4.06. The van der Waals surface area contributed by atoms with Crippen molar-refractivity contribution in [3.63, 3.8) is 0 Å². The first-order chi connectivity index (χ1) is 11.2. The van der Waals surface area contributed by atoms with E-state index in [9.17, 15) is 0 Å². The Kier molecular flexibility index (Phi) is 4.91. The lowest BCUT2D eigenvalue weighted by atomic mass is 10.1. The first-order valence-corrected chi connectivity index (χ1v) is 8.71. The highest BCUT2D eigenvalue weighted by Crippen LogP contribution is 2.20. The second-order valence-corrected chi connectivity index (χ2v) is 6.31. The number of aromatic amines is 1. The summed E-state index contributed by atoms with van der Waals surface area (Å²) in [6, 6.07) is 6.63. The third-order valence-corrected chi connectivity index (χ3v) is 4.68. The van der Waals surface area contributed by atoms with Crippen molar-refractivity contribution in [2.75, 3.05) is 19.6 Å². The van der Waals surface area contributed by atoms with Gasteiger partial charge in [0.2, 0.25) is 0 Å². The zero-order valence-electron chi connectivity index (χ0n) is 14.5. The maximum atomic E-state index is 3.37. The van der Waals surface area contributed by atoms with E-state index >= 15 is 0 Å². The van der Waals surface area contributed by atoms with Gasteiger partial charge in [0, 0.05) is 29.5 Å². The van der Waals surface area contributed by atoms with E-state index in [2.05, 4.69) is 76.8 Å². The van der Waals surface area contributed by atoms with Crippen molar-refractivity contribution >= 4 is 10.9 Å². The molecule has 2 aromatic heterocycles. The van der Waals surface area contributed by atoms with E-state index in [0.29, 0.717) is 0 Å². The predicted molar refractivity (Wildman–Crippen MR) is 97.0 cm³/mol. The van der Waals surface area contributed by atoms with Crippen LogP contribution in [0.5, 0.6) is 0 Å². The van der Waals surface area contributed by atoms with E-state index in [-0.39, 0.29) is 0 Å². The smallest absolute Gasteiger partial charge is 0.129 e. The minimum atomic E-state index is 1.14. The van der Waals surface area contributed by atoms with Gasteiger partial charge in [-0.05, 0) is 57.1 Å². The summed E-state index contributed by atoms with van der Waals surface area (Å²) in [6.07, 6.45) is 8.69. The van der Waals surface area contributed by atoms with Crippen molar-refractivity contribution in [2.24, 2.45) is 0 Å². The lowest BCUT2D eigenvalue weighted by Gasteiger charge is -2.17. The van der Waals surface area contributed by atoms with Crippen molar-refractivity contribution in [1.82, 2.24) is 19.2 Å². The fourth-order valence-corrected chi connectivity index (χ4v) is 3.00. The van der Waals surface area contributed by atoms with Crippen LogP contribution in [0.2, 0.25) is 0 Å². The molecule has 23 heavy (non-hydrogen) atoms. The molecule has 1 aromatic carbocycles. The molecule has 0 unspecified atom stereocenters. The Balaban J connectivity index is 0.000000258. The molecule has 0 amide bonds. The molecule has 0 spiro atoms. The van der Waals surface area contributed by atoms with Gasteiger partial charge in [-0.1, -0.05) is 25.5 Å². The number of fused-ring (bicyclic) bond motifs is 2. The number of nitrogens with one attached hydrogen (secondary N) is 1. The van der Waals surface area contributed by atoms with Crippen LogP contribution in [-0.2, 0) is 13.1 Å². The van der Waals surface area contributed by atoms with Crippen molar-refractivity contribution < 1.29 is 0 Å². The second kappa shape index (κ2) is 7.09. The van der Waals surface area contributed by atoms with Crippen LogP contribution in [0.15, 0.2) is 36.8 Å². The molecular formula is C19H28N4. The van der Waals surface area contributed by atoms with Crippen molar-refractivity contribution in [1.29, 1.82) is 0 Å². The normalized spacial score (nSPS) is 12.3. The molecule has 0 bridgehead atoms. The van der Waals surface area contributed by atoms with E-state index in [1.165, 1.54) is 41.4 Å². The number of hydrogen-bond donors (Lipinski definition) is 1. The van der Waals surface area contributed by atoms with Crippen LogP contribution in [0, 0.1) is 6.92 Å². The molecule has 124 valence electrons. The Hall–Kier alpha value is -1.94. The molecule has 0 saturated carbocycles. The standard InChI is InChI=1S/C16H24N2.C3H4N2/c1-4-18(5-2)10-6-7-14-12-17-16-9-8-13(3)11-15(14)16;1-2-5-3-4(1)5/h8-9,11-12,17H,4-7,10H2,1-3H3;1-2H,3H2. The quantitative estimate of drug-likeness (QED) is 0.575.